The van der Waals surface area contributed by atoms with Crippen LogP contribution >= 0.6 is 11.6 Å². The summed E-state index contributed by atoms with van der Waals surface area (Å²) in [6.07, 6.45) is 1.10. The Balaban J connectivity index is 2.00. The van der Waals surface area contributed by atoms with Gasteiger partial charge in [0.15, 0.2) is 5.82 Å². The van der Waals surface area contributed by atoms with Gasteiger partial charge in [-0.1, -0.05) is 11.6 Å². The first-order valence-corrected chi connectivity index (χ1v) is 6.44. The Morgan fingerprint density at radius 1 is 1.42 bits per heavy atom. The molecule has 1 aromatic rings. The Kier molecular flexibility index (Phi) is 4.26. The van der Waals surface area contributed by atoms with E-state index in [1.807, 2.05) is 4.90 Å². The molecule has 1 aliphatic heterocycles. The van der Waals surface area contributed by atoms with Gasteiger partial charge in [-0.2, -0.15) is 0 Å². The topological polar surface area (TPSA) is 84.6 Å². The third-order valence-electron chi connectivity index (χ3n) is 2.90. The van der Waals surface area contributed by atoms with E-state index >= 15 is 0 Å². The molecule has 0 bridgehead atoms. The predicted molar refractivity (Wildman–Crippen MR) is 72.3 cm³/mol. The van der Waals surface area contributed by atoms with E-state index in [-0.39, 0.29) is 11.9 Å². The molecule has 2 N–H and O–H groups in total. The second-order valence-corrected chi connectivity index (χ2v) is 4.45. The van der Waals surface area contributed by atoms with E-state index in [0.29, 0.717) is 43.6 Å². The minimum Gasteiger partial charge on any atom is -0.450 e. The normalized spacial score (nSPS) is 15.5. The Bertz CT molecular complexity index is 462. The summed E-state index contributed by atoms with van der Waals surface area (Å²) in [6, 6.07) is 0. The number of nitrogens with zero attached hydrogens (tertiary/aromatic N) is 4. The van der Waals surface area contributed by atoms with E-state index < -0.39 is 0 Å². The Hall–Kier alpha value is -1.76. The van der Waals surface area contributed by atoms with Gasteiger partial charge >= 0.3 is 6.09 Å². The number of amides is 1. The largest absolute Gasteiger partial charge is 0.450 e. The Labute approximate surface area is 116 Å². The average Bonchev–Trinajstić information content (AvgIpc) is 2.42. The number of ether oxygens (including phenoxy) is 1. The van der Waals surface area contributed by atoms with Gasteiger partial charge < -0.3 is 20.3 Å². The molecule has 0 saturated carbocycles. The highest BCUT2D eigenvalue weighted by atomic mass is 35.5. The molecule has 8 heteroatoms. The van der Waals surface area contributed by atoms with Crippen molar-refractivity contribution in [3.63, 3.8) is 0 Å². The zero-order valence-corrected chi connectivity index (χ0v) is 11.4. The third-order valence-corrected chi connectivity index (χ3v) is 3.27. The molecular weight excluding hydrogens is 270 g/mol. The van der Waals surface area contributed by atoms with Gasteiger partial charge in [0.05, 0.1) is 6.61 Å². The van der Waals surface area contributed by atoms with Gasteiger partial charge in [0, 0.05) is 26.2 Å². The second-order valence-electron chi connectivity index (χ2n) is 4.07. The average molecular weight is 286 g/mol. The highest BCUT2D eigenvalue weighted by Crippen LogP contribution is 2.27. The summed E-state index contributed by atoms with van der Waals surface area (Å²) >= 11 is 6.08. The van der Waals surface area contributed by atoms with Crippen LogP contribution in [0.2, 0.25) is 5.02 Å². The van der Waals surface area contributed by atoms with Crippen molar-refractivity contribution in [1.29, 1.82) is 0 Å². The van der Waals surface area contributed by atoms with Crippen molar-refractivity contribution in [2.45, 2.75) is 6.92 Å². The maximum atomic E-state index is 11.6. The molecule has 0 aliphatic carbocycles. The molecule has 104 valence electrons. The molecule has 0 unspecified atom stereocenters. The third kappa shape index (κ3) is 2.98. The first-order valence-electron chi connectivity index (χ1n) is 6.06. The maximum absolute atomic E-state index is 11.6. The van der Waals surface area contributed by atoms with E-state index in [4.69, 9.17) is 22.1 Å². The highest BCUT2D eigenvalue weighted by molar-refractivity contribution is 6.35. The molecular formula is C11H16ClN5O2. The molecule has 0 atom stereocenters. The predicted octanol–water partition coefficient (Wildman–Crippen LogP) is 0.991. The van der Waals surface area contributed by atoms with Crippen LogP contribution in [0.1, 0.15) is 6.92 Å². The maximum Gasteiger partial charge on any atom is 0.409 e. The fourth-order valence-corrected chi connectivity index (χ4v) is 2.13. The van der Waals surface area contributed by atoms with Crippen molar-refractivity contribution in [3.05, 3.63) is 11.3 Å². The number of carbonyl (C=O) groups is 1. The zero-order valence-electron chi connectivity index (χ0n) is 10.7. The lowest BCUT2D eigenvalue weighted by atomic mass is 10.3. The molecule has 1 amide bonds. The van der Waals surface area contributed by atoms with Crippen molar-refractivity contribution >= 4 is 29.3 Å². The van der Waals surface area contributed by atoms with Crippen LogP contribution in [-0.4, -0.2) is 53.7 Å². The molecule has 19 heavy (non-hydrogen) atoms. The quantitative estimate of drug-likeness (QED) is 0.872. The van der Waals surface area contributed by atoms with Crippen LogP contribution in [0.3, 0.4) is 0 Å². The Morgan fingerprint density at radius 3 is 2.74 bits per heavy atom. The van der Waals surface area contributed by atoms with Crippen LogP contribution in [0, 0.1) is 0 Å². The fraction of sp³-hybridized carbons (Fsp3) is 0.545. The van der Waals surface area contributed by atoms with Crippen LogP contribution in [0.15, 0.2) is 6.33 Å². The van der Waals surface area contributed by atoms with Crippen LogP contribution in [-0.2, 0) is 4.74 Å². The summed E-state index contributed by atoms with van der Waals surface area (Å²) in [5.74, 6) is 0.872. The van der Waals surface area contributed by atoms with Gasteiger partial charge in [-0.15, -0.1) is 0 Å². The van der Waals surface area contributed by atoms with Gasteiger partial charge in [-0.05, 0) is 6.92 Å². The Morgan fingerprint density at radius 2 is 2.11 bits per heavy atom. The van der Waals surface area contributed by atoms with Crippen LogP contribution in [0.25, 0.3) is 0 Å². The SMILES string of the molecule is CCOC(=O)N1CCN(c2ncnc(N)c2Cl)CC1. The van der Waals surface area contributed by atoms with E-state index in [2.05, 4.69) is 9.97 Å². The number of rotatable bonds is 2. The molecule has 2 heterocycles. The lowest BCUT2D eigenvalue weighted by Crippen LogP contribution is -2.49. The lowest BCUT2D eigenvalue weighted by Gasteiger charge is -2.35. The molecule has 1 fully saturated rings. The van der Waals surface area contributed by atoms with Crippen molar-refractivity contribution < 1.29 is 9.53 Å². The monoisotopic (exact) mass is 285 g/mol. The second kappa shape index (κ2) is 5.92. The standard InChI is InChI=1S/C11H16ClN5O2/c1-2-19-11(18)17-5-3-16(4-6-17)10-8(12)9(13)14-7-15-10/h7H,2-6H2,1H3,(H2,13,14,15). The number of halogens is 1. The number of carbonyl (C=O) groups excluding carboxylic acids is 1. The van der Waals surface area contributed by atoms with E-state index in [9.17, 15) is 4.79 Å². The van der Waals surface area contributed by atoms with Crippen molar-refractivity contribution in [2.75, 3.05) is 43.4 Å². The molecule has 1 aromatic heterocycles. The number of nitrogens with two attached hydrogens (primary N) is 1. The minimum atomic E-state index is -0.282. The first-order chi connectivity index (χ1) is 9.13. The van der Waals surface area contributed by atoms with Crippen molar-refractivity contribution in [3.8, 4) is 0 Å². The minimum absolute atomic E-state index is 0.263. The lowest BCUT2D eigenvalue weighted by molar-refractivity contribution is 0.105. The van der Waals surface area contributed by atoms with Crippen LogP contribution < -0.4 is 10.6 Å². The van der Waals surface area contributed by atoms with Gasteiger partial charge in [0.25, 0.3) is 0 Å². The van der Waals surface area contributed by atoms with E-state index in [0.717, 1.165) is 0 Å². The van der Waals surface area contributed by atoms with Gasteiger partial charge in [-0.3, -0.25) is 0 Å². The molecule has 2 rings (SSSR count). The number of hydrogen-bond acceptors (Lipinski definition) is 6. The van der Waals surface area contributed by atoms with Crippen LogP contribution in [0.5, 0.6) is 0 Å². The van der Waals surface area contributed by atoms with Gasteiger partial charge in [-0.25, -0.2) is 14.8 Å². The molecule has 0 radical (unpaired) electrons. The number of aromatic nitrogens is 2. The smallest absolute Gasteiger partial charge is 0.409 e. The zero-order chi connectivity index (χ0) is 13.8. The number of nitrogen functional groups attached to an aromatic ring is 1. The summed E-state index contributed by atoms with van der Waals surface area (Å²) in [6.45, 7) is 4.58. The fourth-order valence-electron chi connectivity index (χ4n) is 1.91. The summed E-state index contributed by atoms with van der Waals surface area (Å²) in [7, 11) is 0. The summed E-state index contributed by atoms with van der Waals surface area (Å²) in [5, 5.41) is 0.354. The number of anilines is 2. The van der Waals surface area contributed by atoms with Gasteiger partial charge in [0.1, 0.15) is 17.2 Å². The first kappa shape index (κ1) is 13.7. The van der Waals surface area contributed by atoms with Gasteiger partial charge in [0.2, 0.25) is 0 Å². The highest BCUT2D eigenvalue weighted by Gasteiger charge is 2.24. The summed E-state index contributed by atoms with van der Waals surface area (Å²) in [5.41, 5.74) is 5.65. The molecule has 1 aliphatic rings. The van der Waals surface area contributed by atoms with Crippen molar-refractivity contribution in [2.24, 2.45) is 0 Å². The molecule has 0 spiro atoms. The summed E-state index contributed by atoms with van der Waals surface area (Å²) < 4.78 is 4.96. The molecule has 1 saturated heterocycles. The summed E-state index contributed by atoms with van der Waals surface area (Å²) in [4.78, 5) is 23.2. The van der Waals surface area contributed by atoms with E-state index in [1.165, 1.54) is 6.33 Å². The number of hydrogen-bond donors (Lipinski definition) is 1. The molecule has 7 nitrogen and oxygen atoms in total. The van der Waals surface area contributed by atoms with Crippen LogP contribution in [0.4, 0.5) is 16.4 Å². The number of piperazine rings is 1. The van der Waals surface area contributed by atoms with E-state index in [1.54, 1.807) is 11.8 Å². The van der Waals surface area contributed by atoms with Crippen molar-refractivity contribution in [1.82, 2.24) is 14.9 Å². The molecule has 0 aromatic carbocycles.